The summed E-state index contributed by atoms with van der Waals surface area (Å²) in [5, 5.41) is 12.5. The molecule has 3 atom stereocenters. The van der Waals surface area contributed by atoms with Gasteiger partial charge in [-0.15, -0.1) is 0 Å². The van der Waals surface area contributed by atoms with Crippen LogP contribution in [0.4, 0.5) is 0 Å². The van der Waals surface area contributed by atoms with Crippen molar-refractivity contribution < 1.29 is 14.6 Å². The van der Waals surface area contributed by atoms with Crippen LogP contribution in [-0.2, 0) is 9.53 Å². The minimum Gasteiger partial charge on any atom is -0.394 e. The third-order valence-electron chi connectivity index (χ3n) is 3.56. The molecule has 2 N–H and O–H groups in total. The van der Waals surface area contributed by atoms with Gasteiger partial charge in [-0.2, -0.15) is 0 Å². The van der Waals surface area contributed by atoms with Gasteiger partial charge in [-0.25, -0.2) is 0 Å². The van der Waals surface area contributed by atoms with E-state index < -0.39 is 0 Å². The molecule has 0 bridgehead atoms. The molecule has 0 aromatic rings. The summed E-state index contributed by atoms with van der Waals surface area (Å²) in [7, 11) is 0. The van der Waals surface area contributed by atoms with Crippen LogP contribution in [0.5, 0.6) is 0 Å². The van der Waals surface area contributed by atoms with Crippen molar-refractivity contribution >= 4 is 5.91 Å². The molecule has 16 heavy (non-hydrogen) atoms. The monoisotopic (exact) mass is 228 g/mol. The van der Waals surface area contributed by atoms with Gasteiger partial charge in [0.05, 0.1) is 31.8 Å². The Bertz CT molecular complexity index is 260. The minimum absolute atomic E-state index is 0.0136. The zero-order chi connectivity index (χ0) is 11.5. The topological polar surface area (TPSA) is 61.8 Å². The van der Waals surface area contributed by atoms with Crippen LogP contribution in [0.1, 0.15) is 6.92 Å². The molecule has 0 aliphatic carbocycles. The van der Waals surface area contributed by atoms with Crippen molar-refractivity contribution in [1.82, 2.24) is 10.2 Å². The van der Waals surface area contributed by atoms with Crippen molar-refractivity contribution in [3.05, 3.63) is 0 Å². The molecule has 5 nitrogen and oxygen atoms in total. The van der Waals surface area contributed by atoms with Crippen LogP contribution in [0.25, 0.3) is 0 Å². The lowest BCUT2D eigenvalue weighted by Gasteiger charge is -2.36. The highest BCUT2D eigenvalue weighted by Gasteiger charge is 2.36. The van der Waals surface area contributed by atoms with Crippen molar-refractivity contribution in [2.75, 3.05) is 39.5 Å². The molecule has 0 aromatic carbocycles. The predicted octanol–water partition coefficient (Wildman–Crippen LogP) is -0.938. The summed E-state index contributed by atoms with van der Waals surface area (Å²) in [6, 6.07) is -0.158. The van der Waals surface area contributed by atoms with Crippen LogP contribution in [0.15, 0.2) is 0 Å². The van der Waals surface area contributed by atoms with Crippen LogP contribution in [0.2, 0.25) is 0 Å². The van der Waals surface area contributed by atoms with E-state index in [9.17, 15) is 9.90 Å². The van der Waals surface area contributed by atoms with Gasteiger partial charge in [-0.05, 0) is 12.5 Å². The molecule has 5 heteroatoms. The number of ether oxygens (including phenoxy) is 1. The maximum Gasteiger partial charge on any atom is 0.227 e. The van der Waals surface area contributed by atoms with Crippen molar-refractivity contribution in [3.8, 4) is 0 Å². The summed E-state index contributed by atoms with van der Waals surface area (Å²) >= 11 is 0. The van der Waals surface area contributed by atoms with Gasteiger partial charge >= 0.3 is 0 Å². The molecule has 3 unspecified atom stereocenters. The van der Waals surface area contributed by atoms with Crippen molar-refractivity contribution in [3.63, 3.8) is 0 Å². The SMILES string of the molecule is CC1CNCC1C(=O)N1CCOCC1CO. The molecule has 2 aliphatic heterocycles. The smallest absolute Gasteiger partial charge is 0.227 e. The maximum absolute atomic E-state index is 12.3. The van der Waals surface area contributed by atoms with Gasteiger partial charge in [0.1, 0.15) is 0 Å². The molecule has 92 valence electrons. The number of hydrogen-bond acceptors (Lipinski definition) is 4. The van der Waals surface area contributed by atoms with Crippen molar-refractivity contribution in [1.29, 1.82) is 0 Å². The Labute approximate surface area is 95.8 Å². The quantitative estimate of drug-likeness (QED) is 0.640. The van der Waals surface area contributed by atoms with Gasteiger partial charge in [-0.3, -0.25) is 4.79 Å². The Kier molecular flexibility index (Phi) is 3.78. The fourth-order valence-corrected chi connectivity index (χ4v) is 2.45. The van der Waals surface area contributed by atoms with E-state index in [0.29, 0.717) is 25.7 Å². The third kappa shape index (κ3) is 2.21. The lowest BCUT2D eigenvalue weighted by atomic mass is 9.96. The normalized spacial score (nSPS) is 35.4. The van der Waals surface area contributed by atoms with Crippen LogP contribution >= 0.6 is 0 Å². The van der Waals surface area contributed by atoms with E-state index in [4.69, 9.17) is 4.74 Å². The Morgan fingerprint density at radius 3 is 3.00 bits per heavy atom. The van der Waals surface area contributed by atoms with E-state index in [1.54, 1.807) is 4.90 Å². The molecule has 2 saturated heterocycles. The first-order chi connectivity index (χ1) is 7.74. The fourth-order valence-electron chi connectivity index (χ4n) is 2.45. The zero-order valence-electron chi connectivity index (χ0n) is 9.69. The third-order valence-corrected chi connectivity index (χ3v) is 3.56. The predicted molar refractivity (Wildman–Crippen MR) is 58.9 cm³/mol. The molecule has 2 aliphatic rings. The number of amides is 1. The van der Waals surface area contributed by atoms with E-state index in [-0.39, 0.29) is 24.5 Å². The van der Waals surface area contributed by atoms with Gasteiger partial charge in [-0.1, -0.05) is 6.92 Å². The lowest BCUT2D eigenvalue weighted by molar-refractivity contribution is -0.146. The average Bonchev–Trinajstić information content (AvgIpc) is 2.74. The second-order valence-corrected chi connectivity index (χ2v) is 4.68. The standard InChI is InChI=1S/C11H20N2O3/c1-8-4-12-5-10(8)11(15)13-2-3-16-7-9(13)6-14/h8-10,12,14H,2-7H2,1H3. The number of aliphatic hydroxyl groups is 1. The van der Waals surface area contributed by atoms with E-state index in [1.165, 1.54) is 0 Å². The summed E-state index contributed by atoms with van der Waals surface area (Å²) in [4.78, 5) is 14.1. The second kappa shape index (κ2) is 5.12. The highest BCUT2D eigenvalue weighted by atomic mass is 16.5. The molecule has 2 heterocycles. The number of hydrogen-bond donors (Lipinski definition) is 2. The molecule has 0 aromatic heterocycles. The van der Waals surface area contributed by atoms with E-state index in [0.717, 1.165) is 13.1 Å². The van der Waals surface area contributed by atoms with Crippen LogP contribution in [0.3, 0.4) is 0 Å². The first-order valence-electron chi connectivity index (χ1n) is 5.94. The Morgan fingerprint density at radius 2 is 2.38 bits per heavy atom. The highest BCUT2D eigenvalue weighted by molar-refractivity contribution is 5.80. The molecular weight excluding hydrogens is 208 g/mol. The molecule has 1 amide bonds. The average molecular weight is 228 g/mol. The van der Waals surface area contributed by atoms with Crippen molar-refractivity contribution in [2.24, 2.45) is 11.8 Å². The summed E-state index contributed by atoms with van der Waals surface area (Å²) < 4.78 is 5.27. The number of nitrogens with zero attached hydrogens (tertiary/aromatic N) is 1. The Balaban J connectivity index is 2.01. The largest absolute Gasteiger partial charge is 0.394 e. The van der Waals surface area contributed by atoms with E-state index in [1.807, 2.05) is 0 Å². The van der Waals surface area contributed by atoms with Crippen LogP contribution < -0.4 is 5.32 Å². The van der Waals surface area contributed by atoms with Gasteiger partial charge in [0, 0.05) is 13.1 Å². The van der Waals surface area contributed by atoms with Gasteiger partial charge < -0.3 is 20.1 Å². The number of rotatable bonds is 2. The zero-order valence-corrected chi connectivity index (χ0v) is 9.69. The minimum atomic E-state index is -0.158. The second-order valence-electron chi connectivity index (χ2n) is 4.68. The summed E-state index contributed by atoms with van der Waals surface area (Å²) in [5.41, 5.74) is 0. The molecule has 0 spiro atoms. The summed E-state index contributed by atoms with van der Waals surface area (Å²) in [6.45, 7) is 5.39. The molecule has 2 rings (SSSR count). The fraction of sp³-hybridized carbons (Fsp3) is 0.909. The Morgan fingerprint density at radius 1 is 1.56 bits per heavy atom. The van der Waals surface area contributed by atoms with Gasteiger partial charge in [0.15, 0.2) is 0 Å². The van der Waals surface area contributed by atoms with Gasteiger partial charge in [0.25, 0.3) is 0 Å². The molecule has 0 saturated carbocycles. The number of carbonyl (C=O) groups excluding carboxylic acids is 1. The number of carbonyl (C=O) groups is 1. The number of aliphatic hydroxyl groups excluding tert-OH is 1. The van der Waals surface area contributed by atoms with Crippen molar-refractivity contribution in [2.45, 2.75) is 13.0 Å². The first-order valence-corrected chi connectivity index (χ1v) is 5.94. The highest BCUT2D eigenvalue weighted by Crippen LogP contribution is 2.21. The number of nitrogens with one attached hydrogen (secondary N) is 1. The summed E-state index contributed by atoms with van der Waals surface area (Å²) in [6.07, 6.45) is 0. The molecule has 2 fully saturated rings. The first kappa shape index (κ1) is 11.8. The van der Waals surface area contributed by atoms with E-state index in [2.05, 4.69) is 12.2 Å². The molecular formula is C11H20N2O3. The summed E-state index contributed by atoms with van der Waals surface area (Å²) in [5.74, 6) is 0.613. The molecule has 0 radical (unpaired) electrons. The van der Waals surface area contributed by atoms with Gasteiger partial charge in [0.2, 0.25) is 5.91 Å². The maximum atomic E-state index is 12.3. The lowest BCUT2D eigenvalue weighted by Crippen LogP contribution is -2.53. The Hall–Kier alpha value is -0.650. The number of morpholine rings is 1. The van der Waals surface area contributed by atoms with E-state index >= 15 is 0 Å². The van der Waals surface area contributed by atoms with Crippen LogP contribution in [-0.4, -0.2) is 61.4 Å². The van der Waals surface area contributed by atoms with Crippen LogP contribution in [0, 0.1) is 11.8 Å².